The quantitative estimate of drug-likeness (QED) is 0.255. The van der Waals surface area contributed by atoms with E-state index in [1.165, 1.54) is 13.0 Å². The first-order valence-corrected chi connectivity index (χ1v) is 10.0. The van der Waals surface area contributed by atoms with Crippen LogP contribution >= 0.6 is 0 Å². The van der Waals surface area contributed by atoms with Crippen LogP contribution in [-0.2, 0) is 12.0 Å². The van der Waals surface area contributed by atoms with E-state index in [-0.39, 0.29) is 18.4 Å². The number of rotatable bonds is 11. The summed E-state index contributed by atoms with van der Waals surface area (Å²) in [4.78, 5) is 0. The first-order valence-electron chi connectivity index (χ1n) is 10.0. The van der Waals surface area contributed by atoms with Gasteiger partial charge in [-0.3, -0.25) is 0 Å². The number of halogens is 17. The summed E-state index contributed by atoms with van der Waals surface area (Å²) < 4.78 is 228. The Bertz CT molecular complexity index is 978. The van der Waals surface area contributed by atoms with Gasteiger partial charge in [-0.2, -0.15) is 74.6 Å². The summed E-state index contributed by atoms with van der Waals surface area (Å²) in [5.74, 6) is -57.0. The summed E-state index contributed by atoms with van der Waals surface area (Å²) in [7, 11) is 0. The normalized spacial score (nSPS) is 16.9. The fourth-order valence-electron chi connectivity index (χ4n) is 3.37. The maximum Gasteiger partial charge on any atom is 0.460 e. The van der Waals surface area contributed by atoms with Gasteiger partial charge in [0.2, 0.25) is 0 Å². The van der Waals surface area contributed by atoms with Crippen molar-refractivity contribution >= 4 is 0 Å². The molecule has 1 aromatic rings. The van der Waals surface area contributed by atoms with Crippen LogP contribution in [0.3, 0.4) is 0 Å². The molecular formula is C20H17F17O. The molecule has 0 spiro atoms. The predicted octanol–water partition coefficient (Wildman–Crippen LogP) is 8.25. The molecule has 0 aromatic heterocycles. The summed E-state index contributed by atoms with van der Waals surface area (Å²) in [6, 6.07) is 4.26. The van der Waals surface area contributed by atoms with Gasteiger partial charge in [0.25, 0.3) is 0 Å². The van der Waals surface area contributed by atoms with E-state index in [4.69, 9.17) is 0 Å². The molecule has 0 radical (unpaired) electrons. The van der Waals surface area contributed by atoms with Crippen molar-refractivity contribution in [3.05, 3.63) is 35.4 Å². The smallest absolute Gasteiger partial charge is 0.385 e. The van der Waals surface area contributed by atoms with Gasteiger partial charge < -0.3 is 5.11 Å². The van der Waals surface area contributed by atoms with Gasteiger partial charge >= 0.3 is 47.6 Å². The topological polar surface area (TPSA) is 20.2 Å². The number of aryl methyl sites for hydroxylation is 1. The maximum atomic E-state index is 14.4. The Labute approximate surface area is 202 Å². The second kappa shape index (κ2) is 9.57. The van der Waals surface area contributed by atoms with Gasteiger partial charge in [0, 0.05) is 0 Å². The van der Waals surface area contributed by atoms with E-state index in [1.54, 1.807) is 0 Å². The first-order chi connectivity index (χ1) is 16.5. The largest absolute Gasteiger partial charge is 0.460 e. The fraction of sp³-hybridized carbons (Fsp3) is 0.700. The van der Waals surface area contributed by atoms with Crippen LogP contribution < -0.4 is 0 Å². The lowest BCUT2D eigenvalue weighted by Crippen LogP contribution is -2.74. The monoisotopic (exact) mass is 596 g/mol. The molecule has 1 unspecified atom stereocenters. The van der Waals surface area contributed by atoms with E-state index in [0.29, 0.717) is 6.92 Å². The van der Waals surface area contributed by atoms with Crippen LogP contribution in [0.4, 0.5) is 74.6 Å². The van der Waals surface area contributed by atoms with Crippen molar-refractivity contribution in [3.63, 3.8) is 0 Å². The Kier molecular flexibility index (Phi) is 8.57. The highest BCUT2D eigenvalue weighted by atomic mass is 19.4. The molecule has 18 heteroatoms. The number of hydrogen-bond donors (Lipinski definition) is 1. The van der Waals surface area contributed by atoms with Gasteiger partial charge in [-0.15, -0.1) is 0 Å². The minimum Gasteiger partial charge on any atom is -0.385 e. The molecule has 0 saturated carbocycles. The summed E-state index contributed by atoms with van der Waals surface area (Å²) in [5.41, 5.74) is -3.99. The number of hydrogen-bond acceptors (Lipinski definition) is 1. The van der Waals surface area contributed by atoms with Crippen molar-refractivity contribution < 1.29 is 79.7 Å². The van der Waals surface area contributed by atoms with Gasteiger partial charge in [0.15, 0.2) is 0 Å². The van der Waals surface area contributed by atoms with E-state index in [9.17, 15) is 79.7 Å². The molecule has 1 aromatic carbocycles. The molecule has 0 saturated heterocycles. The molecular weight excluding hydrogens is 579 g/mol. The number of alkyl halides is 17. The third-order valence-corrected chi connectivity index (χ3v) is 5.47. The Morgan fingerprint density at radius 1 is 0.579 bits per heavy atom. The van der Waals surface area contributed by atoms with Crippen LogP contribution in [-0.4, -0.2) is 52.7 Å². The third-order valence-electron chi connectivity index (χ3n) is 5.47. The lowest BCUT2D eigenvalue weighted by Gasteiger charge is -2.43. The van der Waals surface area contributed by atoms with E-state index in [1.807, 2.05) is 0 Å². The molecule has 1 N–H and O–H groups in total. The van der Waals surface area contributed by atoms with Crippen molar-refractivity contribution in [2.45, 2.75) is 86.3 Å². The SMILES string of the molecule is CCCc1ccccc1C(C)(O)CC(F)(F)C(F)(F)C(F)(F)C(F)(F)C(F)(F)C(F)(F)C(F)(F)C(F)(F)F. The van der Waals surface area contributed by atoms with E-state index >= 15 is 0 Å². The van der Waals surface area contributed by atoms with Gasteiger partial charge in [-0.05, 0) is 24.5 Å². The molecule has 0 aliphatic heterocycles. The van der Waals surface area contributed by atoms with Crippen LogP contribution in [0, 0.1) is 0 Å². The van der Waals surface area contributed by atoms with Crippen molar-refractivity contribution in [2.24, 2.45) is 0 Å². The minimum atomic E-state index is -8.68. The summed E-state index contributed by atoms with van der Waals surface area (Å²) >= 11 is 0. The zero-order valence-electron chi connectivity index (χ0n) is 18.8. The molecule has 0 amide bonds. The average Bonchev–Trinajstić information content (AvgIpc) is 2.71. The second-order valence-corrected chi connectivity index (χ2v) is 8.51. The number of aliphatic hydroxyl groups is 1. The van der Waals surface area contributed by atoms with Crippen LogP contribution in [0.2, 0.25) is 0 Å². The molecule has 1 rings (SSSR count). The molecule has 38 heavy (non-hydrogen) atoms. The van der Waals surface area contributed by atoms with Gasteiger partial charge in [0.1, 0.15) is 0 Å². The van der Waals surface area contributed by atoms with E-state index in [2.05, 4.69) is 0 Å². The fourth-order valence-corrected chi connectivity index (χ4v) is 3.37. The van der Waals surface area contributed by atoms with Crippen LogP contribution in [0.1, 0.15) is 37.8 Å². The molecule has 0 aliphatic carbocycles. The molecule has 0 fully saturated rings. The number of benzene rings is 1. The Morgan fingerprint density at radius 2 is 0.947 bits per heavy atom. The highest BCUT2D eigenvalue weighted by Crippen LogP contribution is 2.64. The van der Waals surface area contributed by atoms with Gasteiger partial charge in [0.05, 0.1) is 12.0 Å². The highest BCUT2D eigenvalue weighted by molar-refractivity contribution is 5.33. The zero-order chi connectivity index (χ0) is 30.6. The molecule has 222 valence electrons. The lowest BCUT2D eigenvalue weighted by molar-refractivity contribution is -0.462. The van der Waals surface area contributed by atoms with Crippen LogP contribution in [0.25, 0.3) is 0 Å². The molecule has 1 nitrogen and oxygen atoms in total. The average molecular weight is 596 g/mol. The Balaban J connectivity index is 3.64. The standard InChI is InChI=1S/C20H17F17O/c1-3-6-10-7-4-5-8-11(10)12(2,38)9-13(21,22)14(23,24)15(25,26)16(27,28)17(29,30)18(31,32)19(33,34)20(35,36)37/h4-5,7-8,38H,3,6,9H2,1-2H3. The van der Waals surface area contributed by atoms with Crippen molar-refractivity contribution in [3.8, 4) is 0 Å². The lowest BCUT2D eigenvalue weighted by atomic mass is 9.81. The zero-order valence-corrected chi connectivity index (χ0v) is 18.8. The van der Waals surface area contributed by atoms with Crippen LogP contribution in [0.15, 0.2) is 24.3 Å². The molecule has 0 aliphatic rings. The van der Waals surface area contributed by atoms with Crippen molar-refractivity contribution in [1.82, 2.24) is 0 Å². The van der Waals surface area contributed by atoms with Crippen molar-refractivity contribution in [2.75, 3.05) is 0 Å². The minimum absolute atomic E-state index is 0.0444. The third kappa shape index (κ3) is 4.89. The summed E-state index contributed by atoms with van der Waals surface area (Å²) in [6.07, 6.45) is -10.6. The summed E-state index contributed by atoms with van der Waals surface area (Å²) in [6.45, 7) is 1.81. The second-order valence-electron chi connectivity index (χ2n) is 8.51. The van der Waals surface area contributed by atoms with Crippen LogP contribution in [0.5, 0.6) is 0 Å². The molecule has 0 heterocycles. The predicted molar refractivity (Wildman–Crippen MR) is 95.3 cm³/mol. The van der Waals surface area contributed by atoms with Crippen molar-refractivity contribution in [1.29, 1.82) is 0 Å². The van der Waals surface area contributed by atoms with E-state index in [0.717, 1.165) is 18.2 Å². The van der Waals surface area contributed by atoms with E-state index < -0.39 is 65.2 Å². The Hall–Kier alpha value is -2.01. The highest BCUT2D eigenvalue weighted by Gasteiger charge is 2.95. The molecule has 1 atom stereocenters. The Morgan fingerprint density at radius 3 is 1.34 bits per heavy atom. The summed E-state index contributed by atoms with van der Waals surface area (Å²) in [5, 5.41) is 10.3. The van der Waals surface area contributed by atoms with Gasteiger partial charge in [-0.1, -0.05) is 37.6 Å². The molecule has 0 bridgehead atoms. The van der Waals surface area contributed by atoms with Gasteiger partial charge in [-0.25, -0.2) is 0 Å². The first kappa shape index (κ1) is 34.0. The maximum absolute atomic E-state index is 14.4.